The van der Waals surface area contributed by atoms with Crippen LogP contribution in [0.2, 0.25) is 0 Å². The molecule has 1 saturated heterocycles. The minimum Gasteiger partial charge on any atom is -0.462 e. The smallest absolute Gasteiger partial charge is 0.310 e. The normalized spacial score (nSPS) is 53.7. The van der Waals surface area contributed by atoms with Crippen LogP contribution in [0.5, 0.6) is 0 Å². The summed E-state index contributed by atoms with van der Waals surface area (Å²) in [7, 11) is 0. The number of ether oxygens (including phenoxy) is 2. The quantitative estimate of drug-likeness (QED) is 0.312. The molecule has 0 spiro atoms. The Morgan fingerprint density at radius 1 is 0.683 bits per heavy atom. The van der Waals surface area contributed by atoms with Gasteiger partial charge in [-0.25, -0.2) is 0 Å². The number of fused-ring (bicyclic) bond motifs is 5. The third-order valence-electron chi connectivity index (χ3n) is 17.6. The third kappa shape index (κ3) is 3.35. The fourth-order valence-electron chi connectivity index (χ4n) is 14.2. The Morgan fingerprint density at radius 3 is 2.00 bits per heavy atom. The van der Waals surface area contributed by atoms with E-state index in [-0.39, 0.29) is 34.2 Å². The van der Waals surface area contributed by atoms with Crippen molar-refractivity contribution >= 4 is 5.97 Å². The van der Waals surface area contributed by atoms with Crippen LogP contribution in [-0.2, 0) is 14.3 Å². The minimum absolute atomic E-state index is 0.0158. The number of carbonyl (C=O) groups is 1. The molecule has 1 heterocycles. The molecule has 7 aliphatic rings. The van der Waals surface area contributed by atoms with Crippen LogP contribution in [0.25, 0.3) is 0 Å². The SMILES string of the molecule is CC1(C)CC[C@]23CC[C@]4(C)[C@H](CC[C@H]5[C@@]6(C)CC[C@H](OC(=O)C7C(C)(C)C7(C)C)C(C)(C)[C@H]6CC[C@]54C)[C@H]2[C@H]1OC3. The topological polar surface area (TPSA) is 35.5 Å². The maximum Gasteiger partial charge on any atom is 0.310 e. The third-order valence-corrected chi connectivity index (χ3v) is 17.6. The molecule has 1 aliphatic heterocycles. The molecule has 10 atom stereocenters. The summed E-state index contributed by atoms with van der Waals surface area (Å²) in [5.74, 6) is 3.04. The molecule has 0 amide bonds. The van der Waals surface area contributed by atoms with Crippen LogP contribution in [0.1, 0.15) is 140 Å². The molecule has 0 unspecified atom stereocenters. The average molecular weight is 567 g/mol. The fourth-order valence-corrected chi connectivity index (χ4v) is 14.2. The summed E-state index contributed by atoms with van der Waals surface area (Å²) in [6.45, 7) is 28.0. The van der Waals surface area contributed by atoms with E-state index in [9.17, 15) is 4.79 Å². The Balaban J connectivity index is 1.16. The molecule has 0 aromatic heterocycles. The molecule has 7 fully saturated rings. The van der Waals surface area contributed by atoms with Gasteiger partial charge in [-0.1, -0.05) is 76.2 Å². The van der Waals surface area contributed by atoms with Crippen molar-refractivity contribution in [2.24, 2.45) is 72.9 Å². The van der Waals surface area contributed by atoms with Gasteiger partial charge >= 0.3 is 5.97 Å². The molecule has 3 nitrogen and oxygen atoms in total. The van der Waals surface area contributed by atoms with Crippen LogP contribution < -0.4 is 0 Å². The first-order chi connectivity index (χ1) is 18.8. The molecule has 0 N–H and O–H groups in total. The first-order valence-electron chi connectivity index (χ1n) is 17.6. The van der Waals surface area contributed by atoms with E-state index in [0.717, 1.165) is 30.8 Å². The van der Waals surface area contributed by atoms with E-state index >= 15 is 0 Å². The molecule has 0 aromatic carbocycles. The van der Waals surface area contributed by atoms with Gasteiger partial charge in [-0.3, -0.25) is 4.79 Å². The fraction of sp³-hybridized carbons (Fsp3) is 0.974. The number of hydrogen-bond donors (Lipinski definition) is 0. The molecule has 0 aromatic rings. The summed E-state index contributed by atoms with van der Waals surface area (Å²) in [5, 5.41) is 0. The minimum atomic E-state index is 0.0158. The van der Waals surface area contributed by atoms with E-state index in [2.05, 4.69) is 76.2 Å². The lowest BCUT2D eigenvalue weighted by Gasteiger charge is -2.73. The van der Waals surface area contributed by atoms with Crippen LogP contribution in [0.3, 0.4) is 0 Å². The zero-order valence-electron chi connectivity index (χ0n) is 28.5. The largest absolute Gasteiger partial charge is 0.462 e. The van der Waals surface area contributed by atoms with Gasteiger partial charge in [0.25, 0.3) is 0 Å². The van der Waals surface area contributed by atoms with E-state index in [0.29, 0.717) is 39.1 Å². The van der Waals surface area contributed by atoms with Crippen molar-refractivity contribution in [3.63, 3.8) is 0 Å². The van der Waals surface area contributed by atoms with Crippen molar-refractivity contribution in [2.45, 2.75) is 153 Å². The molecule has 2 bridgehead atoms. The standard InChI is InChI=1S/C38H62O3/c1-31(2)18-20-38-21-19-36(10)23(27(38)29(31)40-22-38)12-13-25-35(9)16-15-26(32(3,4)24(35)14-17-37(25,36)11)41-30(39)28-33(5,6)34(28,7)8/h23-29H,12-22H2,1-11H3/t23-,24-,25+,26+,27+,29-,35+,36-,37-,38-/m1/s1. The predicted molar refractivity (Wildman–Crippen MR) is 165 cm³/mol. The first-order valence-corrected chi connectivity index (χ1v) is 17.6. The highest BCUT2D eigenvalue weighted by Gasteiger charge is 2.73. The second kappa shape index (κ2) is 8.17. The van der Waals surface area contributed by atoms with Gasteiger partial charge in [0.05, 0.1) is 18.6 Å². The van der Waals surface area contributed by atoms with Crippen LogP contribution in [-0.4, -0.2) is 24.8 Å². The zero-order chi connectivity index (χ0) is 29.8. The number of hydrogen-bond acceptors (Lipinski definition) is 3. The van der Waals surface area contributed by atoms with E-state index in [4.69, 9.17) is 9.47 Å². The molecule has 6 saturated carbocycles. The highest BCUT2D eigenvalue weighted by atomic mass is 16.5. The van der Waals surface area contributed by atoms with Gasteiger partial charge in [0.1, 0.15) is 6.10 Å². The summed E-state index contributed by atoms with van der Waals surface area (Å²) in [5.41, 5.74) is 1.96. The predicted octanol–water partition coefficient (Wildman–Crippen LogP) is 9.47. The van der Waals surface area contributed by atoms with Crippen LogP contribution in [0.4, 0.5) is 0 Å². The lowest BCUT2D eigenvalue weighted by atomic mass is 9.31. The second-order valence-electron chi connectivity index (χ2n) is 19.9. The van der Waals surface area contributed by atoms with Crippen molar-refractivity contribution in [3.8, 4) is 0 Å². The second-order valence-corrected chi connectivity index (χ2v) is 19.9. The van der Waals surface area contributed by atoms with Gasteiger partial charge in [0.15, 0.2) is 0 Å². The van der Waals surface area contributed by atoms with E-state index < -0.39 is 0 Å². The lowest BCUT2D eigenvalue weighted by Crippen LogP contribution is -2.68. The first kappa shape index (κ1) is 29.2. The van der Waals surface area contributed by atoms with Crippen molar-refractivity contribution in [2.75, 3.05) is 6.61 Å². The molecule has 7 rings (SSSR count). The summed E-state index contributed by atoms with van der Waals surface area (Å²) < 4.78 is 13.3. The lowest BCUT2D eigenvalue weighted by molar-refractivity contribution is -0.254. The van der Waals surface area contributed by atoms with E-state index in [1.54, 1.807) is 0 Å². The summed E-state index contributed by atoms with van der Waals surface area (Å²) >= 11 is 0. The average Bonchev–Trinajstić information content (AvgIpc) is 3.12. The number of carbonyl (C=O) groups excluding carboxylic acids is 1. The van der Waals surface area contributed by atoms with Crippen molar-refractivity contribution in [1.82, 2.24) is 0 Å². The van der Waals surface area contributed by atoms with Crippen LogP contribution in [0, 0.1) is 72.9 Å². The highest BCUT2D eigenvalue weighted by molar-refractivity contribution is 5.79. The Labute approximate surface area is 252 Å². The molecule has 3 heteroatoms. The van der Waals surface area contributed by atoms with Crippen molar-refractivity contribution in [3.05, 3.63) is 0 Å². The Kier molecular flexibility index (Phi) is 5.81. The maximum absolute atomic E-state index is 13.5. The van der Waals surface area contributed by atoms with Crippen LogP contribution in [0.15, 0.2) is 0 Å². The van der Waals surface area contributed by atoms with Gasteiger partial charge in [0.2, 0.25) is 0 Å². The molecular formula is C38H62O3. The number of esters is 1. The molecule has 41 heavy (non-hydrogen) atoms. The van der Waals surface area contributed by atoms with Gasteiger partial charge < -0.3 is 9.47 Å². The zero-order valence-corrected chi connectivity index (χ0v) is 28.5. The Morgan fingerprint density at radius 2 is 1.34 bits per heavy atom. The molecule has 6 aliphatic carbocycles. The monoisotopic (exact) mass is 566 g/mol. The molecule has 232 valence electrons. The van der Waals surface area contributed by atoms with Crippen molar-refractivity contribution < 1.29 is 14.3 Å². The van der Waals surface area contributed by atoms with Crippen molar-refractivity contribution in [1.29, 1.82) is 0 Å². The number of rotatable bonds is 2. The highest BCUT2D eigenvalue weighted by Crippen LogP contribution is 2.78. The summed E-state index contributed by atoms with van der Waals surface area (Å²) in [4.78, 5) is 13.5. The van der Waals surface area contributed by atoms with Crippen LogP contribution >= 0.6 is 0 Å². The van der Waals surface area contributed by atoms with E-state index in [1.807, 2.05) is 0 Å². The Hall–Kier alpha value is -0.570. The Bertz CT molecular complexity index is 1120. The maximum atomic E-state index is 13.5. The summed E-state index contributed by atoms with van der Waals surface area (Å²) in [6, 6.07) is 0. The van der Waals surface area contributed by atoms with Gasteiger partial charge in [-0.15, -0.1) is 0 Å². The van der Waals surface area contributed by atoms with Gasteiger partial charge in [0, 0.05) is 5.41 Å². The van der Waals surface area contributed by atoms with Gasteiger partial charge in [-0.2, -0.15) is 0 Å². The van der Waals surface area contributed by atoms with E-state index in [1.165, 1.54) is 57.8 Å². The summed E-state index contributed by atoms with van der Waals surface area (Å²) in [6.07, 6.45) is 13.7. The molecule has 0 radical (unpaired) electrons. The van der Waals surface area contributed by atoms with Gasteiger partial charge in [-0.05, 0) is 126 Å². The molecular weight excluding hydrogens is 504 g/mol.